The summed E-state index contributed by atoms with van der Waals surface area (Å²) < 4.78 is 0. The molecule has 0 saturated heterocycles. The summed E-state index contributed by atoms with van der Waals surface area (Å²) in [4.78, 5) is 21.9. The van der Waals surface area contributed by atoms with Crippen molar-refractivity contribution in [2.24, 2.45) is 11.8 Å². The predicted octanol–water partition coefficient (Wildman–Crippen LogP) is 2.96. The van der Waals surface area contributed by atoms with E-state index in [1.165, 1.54) is 32.1 Å². The maximum absolute atomic E-state index is 11.5. The monoisotopic (exact) mass is 269 g/mol. The number of carboxylic acid groups (broad SMARTS) is 1. The lowest BCUT2D eigenvalue weighted by atomic mass is 9.76. The molecular formula is C15H27NO3. The van der Waals surface area contributed by atoms with Gasteiger partial charge in [-0.1, -0.05) is 39.0 Å². The summed E-state index contributed by atoms with van der Waals surface area (Å²) in [6, 6.07) is 0. The lowest BCUT2D eigenvalue weighted by molar-refractivity contribution is -0.137. The Morgan fingerprint density at radius 1 is 1.16 bits per heavy atom. The quantitative estimate of drug-likeness (QED) is 0.712. The second kappa shape index (κ2) is 8.94. The van der Waals surface area contributed by atoms with Crippen LogP contribution in [0.5, 0.6) is 0 Å². The zero-order valence-electron chi connectivity index (χ0n) is 12.0. The van der Waals surface area contributed by atoms with Gasteiger partial charge in [-0.25, -0.2) is 0 Å². The van der Waals surface area contributed by atoms with Crippen LogP contribution in [0, 0.1) is 11.8 Å². The van der Waals surface area contributed by atoms with Gasteiger partial charge in [0, 0.05) is 19.4 Å². The highest BCUT2D eigenvalue weighted by molar-refractivity contribution is 5.76. The van der Waals surface area contributed by atoms with E-state index in [1.807, 2.05) is 0 Å². The van der Waals surface area contributed by atoms with Crippen LogP contribution in [0.1, 0.15) is 64.7 Å². The molecule has 0 aromatic carbocycles. The average molecular weight is 269 g/mol. The fraction of sp³-hybridized carbons (Fsp3) is 0.867. The molecule has 2 atom stereocenters. The molecule has 1 fully saturated rings. The topological polar surface area (TPSA) is 66.4 Å². The molecule has 110 valence electrons. The molecule has 2 unspecified atom stereocenters. The van der Waals surface area contributed by atoms with Gasteiger partial charge in [0.25, 0.3) is 0 Å². The first-order valence-electron chi connectivity index (χ1n) is 7.62. The fourth-order valence-corrected chi connectivity index (χ4v) is 3.09. The largest absolute Gasteiger partial charge is 0.481 e. The number of carboxylic acids is 1. The van der Waals surface area contributed by atoms with Crippen LogP contribution >= 0.6 is 0 Å². The molecule has 0 heterocycles. The third-order valence-corrected chi connectivity index (χ3v) is 4.22. The van der Waals surface area contributed by atoms with Gasteiger partial charge >= 0.3 is 5.97 Å². The van der Waals surface area contributed by atoms with Crippen LogP contribution in [0.3, 0.4) is 0 Å². The highest BCUT2D eigenvalue weighted by atomic mass is 16.4. The number of nitrogens with one attached hydrogen (secondary N) is 1. The van der Waals surface area contributed by atoms with E-state index in [0.717, 1.165) is 24.8 Å². The van der Waals surface area contributed by atoms with E-state index in [2.05, 4.69) is 12.2 Å². The molecule has 4 nitrogen and oxygen atoms in total. The highest BCUT2D eigenvalue weighted by Gasteiger charge is 2.23. The number of carbonyl (C=O) groups excluding carboxylic acids is 1. The summed E-state index contributed by atoms with van der Waals surface area (Å²) >= 11 is 0. The van der Waals surface area contributed by atoms with Gasteiger partial charge in [-0.05, 0) is 24.7 Å². The molecule has 1 saturated carbocycles. The van der Waals surface area contributed by atoms with Gasteiger partial charge in [-0.3, -0.25) is 9.59 Å². The molecule has 19 heavy (non-hydrogen) atoms. The molecule has 0 aromatic rings. The Balaban J connectivity index is 2.11. The van der Waals surface area contributed by atoms with E-state index in [9.17, 15) is 9.59 Å². The third kappa shape index (κ3) is 6.60. The van der Waals surface area contributed by atoms with Gasteiger partial charge in [0.2, 0.25) is 5.91 Å². The minimum Gasteiger partial charge on any atom is -0.481 e. The van der Waals surface area contributed by atoms with Crippen LogP contribution in [0.4, 0.5) is 0 Å². The van der Waals surface area contributed by atoms with Crippen molar-refractivity contribution in [3.05, 3.63) is 0 Å². The first-order valence-corrected chi connectivity index (χ1v) is 7.62. The van der Waals surface area contributed by atoms with Crippen LogP contribution in [-0.4, -0.2) is 23.5 Å². The second-order valence-electron chi connectivity index (χ2n) is 5.60. The minimum atomic E-state index is -0.833. The van der Waals surface area contributed by atoms with Gasteiger partial charge in [0.1, 0.15) is 0 Å². The van der Waals surface area contributed by atoms with Gasteiger partial charge in [0.15, 0.2) is 0 Å². The van der Waals surface area contributed by atoms with Crippen molar-refractivity contribution < 1.29 is 14.7 Å². The van der Waals surface area contributed by atoms with Crippen molar-refractivity contribution in [1.82, 2.24) is 5.32 Å². The maximum atomic E-state index is 11.5. The summed E-state index contributed by atoms with van der Waals surface area (Å²) in [5.41, 5.74) is 0. The molecule has 0 spiro atoms. The van der Waals surface area contributed by atoms with E-state index in [1.54, 1.807) is 0 Å². The zero-order valence-corrected chi connectivity index (χ0v) is 12.0. The Kier molecular flexibility index (Phi) is 7.53. The summed E-state index contributed by atoms with van der Waals surface area (Å²) in [6.45, 7) is 3.00. The minimum absolute atomic E-state index is 0.00916. The Morgan fingerprint density at radius 2 is 1.84 bits per heavy atom. The lowest BCUT2D eigenvalue weighted by Crippen LogP contribution is -2.28. The number of carbonyl (C=O) groups is 2. The summed E-state index contributed by atoms with van der Waals surface area (Å²) in [6.07, 6.45) is 8.48. The van der Waals surface area contributed by atoms with Crippen molar-refractivity contribution >= 4 is 11.9 Å². The number of aliphatic carboxylic acids is 1. The molecule has 0 aliphatic heterocycles. The van der Waals surface area contributed by atoms with Crippen molar-refractivity contribution in [2.45, 2.75) is 64.7 Å². The van der Waals surface area contributed by atoms with E-state index < -0.39 is 5.97 Å². The average Bonchev–Trinajstić information content (AvgIpc) is 2.39. The van der Waals surface area contributed by atoms with Crippen molar-refractivity contribution in [1.29, 1.82) is 0 Å². The van der Waals surface area contributed by atoms with Crippen LogP contribution in [0.15, 0.2) is 0 Å². The van der Waals surface area contributed by atoms with E-state index >= 15 is 0 Å². The van der Waals surface area contributed by atoms with Crippen LogP contribution in [-0.2, 0) is 9.59 Å². The fourth-order valence-electron chi connectivity index (χ4n) is 3.09. The zero-order chi connectivity index (χ0) is 14.1. The Bertz CT molecular complexity index is 291. The van der Waals surface area contributed by atoms with Crippen molar-refractivity contribution in [3.8, 4) is 0 Å². The standard InChI is InChI=1S/C15H27NO3/c1-2-12-6-3-4-7-13(12)10-11-16-14(17)8-5-9-15(18)19/h12-13H,2-11H2,1H3,(H,16,17)(H,18,19). The second-order valence-corrected chi connectivity index (χ2v) is 5.60. The van der Waals surface area contributed by atoms with E-state index in [0.29, 0.717) is 12.8 Å². The lowest BCUT2D eigenvalue weighted by Gasteiger charge is -2.30. The first kappa shape index (κ1) is 16.0. The normalized spacial score (nSPS) is 23.0. The van der Waals surface area contributed by atoms with E-state index in [4.69, 9.17) is 5.11 Å². The number of amides is 1. The Hall–Kier alpha value is -1.06. The van der Waals surface area contributed by atoms with Crippen LogP contribution in [0.2, 0.25) is 0 Å². The Morgan fingerprint density at radius 3 is 2.47 bits per heavy atom. The molecule has 0 radical (unpaired) electrons. The number of hydrogen-bond acceptors (Lipinski definition) is 2. The SMILES string of the molecule is CCC1CCCCC1CCNC(=O)CCCC(=O)O. The highest BCUT2D eigenvalue weighted by Crippen LogP contribution is 2.33. The molecule has 0 aromatic heterocycles. The van der Waals surface area contributed by atoms with Gasteiger partial charge in [-0.15, -0.1) is 0 Å². The van der Waals surface area contributed by atoms with E-state index in [-0.39, 0.29) is 12.3 Å². The third-order valence-electron chi connectivity index (χ3n) is 4.22. The summed E-state index contributed by atoms with van der Waals surface area (Å²) in [7, 11) is 0. The molecule has 1 amide bonds. The van der Waals surface area contributed by atoms with Gasteiger partial charge < -0.3 is 10.4 Å². The van der Waals surface area contributed by atoms with Crippen LogP contribution < -0.4 is 5.32 Å². The van der Waals surface area contributed by atoms with Crippen molar-refractivity contribution in [3.63, 3.8) is 0 Å². The molecular weight excluding hydrogens is 242 g/mol. The molecule has 0 bridgehead atoms. The smallest absolute Gasteiger partial charge is 0.303 e. The van der Waals surface area contributed by atoms with Gasteiger partial charge in [0.05, 0.1) is 0 Å². The summed E-state index contributed by atoms with van der Waals surface area (Å²) in [5, 5.41) is 11.4. The molecule has 2 N–H and O–H groups in total. The van der Waals surface area contributed by atoms with Crippen molar-refractivity contribution in [2.75, 3.05) is 6.54 Å². The maximum Gasteiger partial charge on any atom is 0.303 e. The van der Waals surface area contributed by atoms with Crippen LogP contribution in [0.25, 0.3) is 0 Å². The molecule has 4 heteroatoms. The molecule has 1 aliphatic carbocycles. The first-order chi connectivity index (χ1) is 9.13. The predicted molar refractivity (Wildman–Crippen MR) is 74.9 cm³/mol. The number of rotatable bonds is 8. The van der Waals surface area contributed by atoms with Gasteiger partial charge in [-0.2, -0.15) is 0 Å². The molecule has 1 aliphatic rings. The number of hydrogen-bond donors (Lipinski definition) is 2. The summed E-state index contributed by atoms with van der Waals surface area (Å²) in [5.74, 6) is 0.752. The molecule has 1 rings (SSSR count). The Labute approximate surface area is 116 Å².